The van der Waals surface area contributed by atoms with Crippen molar-refractivity contribution in [3.63, 3.8) is 0 Å². The number of aliphatic hydroxyl groups excluding tert-OH is 1. The first kappa shape index (κ1) is 12.9. The number of anilines is 1. The highest BCUT2D eigenvalue weighted by molar-refractivity contribution is 6.30. The molecule has 1 aromatic carbocycles. The molecule has 0 aliphatic carbocycles. The number of rotatable bonds is 2. The molecule has 0 bridgehead atoms. The SMILES string of the molecule is O=C1CCCN1c1ccc(Cl)cc1C#CCCO. The third-order valence-electron chi connectivity index (χ3n) is 2.78. The van der Waals surface area contributed by atoms with Gasteiger partial charge < -0.3 is 10.0 Å². The number of carbonyl (C=O) groups is 1. The summed E-state index contributed by atoms with van der Waals surface area (Å²) in [6.45, 7) is 0.765. The van der Waals surface area contributed by atoms with Crippen molar-refractivity contribution in [1.82, 2.24) is 0 Å². The van der Waals surface area contributed by atoms with Gasteiger partial charge in [0, 0.05) is 30.0 Å². The Morgan fingerprint density at radius 3 is 2.94 bits per heavy atom. The number of halogens is 1. The van der Waals surface area contributed by atoms with E-state index in [1.165, 1.54) is 0 Å². The molecule has 0 saturated carbocycles. The van der Waals surface area contributed by atoms with Gasteiger partial charge >= 0.3 is 0 Å². The van der Waals surface area contributed by atoms with Crippen molar-refractivity contribution < 1.29 is 9.90 Å². The fraction of sp³-hybridized carbons (Fsp3) is 0.357. The molecule has 0 spiro atoms. The minimum absolute atomic E-state index is 0.0333. The van der Waals surface area contributed by atoms with Gasteiger partial charge in [-0.25, -0.2) is 0 Å². The van der Waals surface area contributed by atoms with Crippen LogP contribution in [0.3, 0.4) is 0 Å². The molecule has 0 radical (unpaired) electrons. The third kappa shape index (κ3) is 2.84. The van der Waals surface area contributed by atoms with E-state index in [9.17, 15) is 4.79 Å². The van der Waals surface area contributed by atoms with Crippen LogP contribution in [0.2, 0.25) is 5.02 Å². The normalized spacial score (nSPS) is 14.6. The van der Waals surface area contributed by atoms with Crippen LogP contribution < -0.4 is 4.90 Å². The molecule has 94 valence electrons. The molecule has 1 saturated heterocycles. The number of carbonyl (C=O) groups excluding carboxylic acids is 1. The van der Waals surface area contributed by atoms with Crippen LogP contribution in [0.25, 0.3) is 0 Å². The maximum absolute atomic E-state index is 11.7. The quantitative estimate of drug-likeness (QED) is 0.831. The maximum atomic E-state index is 11.7. The smallest absolute Gasteiger partial charge is 0.227 e. The number of aliphatic hydroxyl groups is 1. The minimum atomic E-state index is 0.0333. The Hall–Kier alpha value is -1.50. The predicted octanol–water partition coefficient (Wildman–Crippen LogP) is 2.20. The lowest BCUT2D eigenvalue weighted by Gasteiger charge is -2.17. The highest BCUT2D eigenvalue weighted by Crippen LogP contribution is 2.27. The standard InChI is InChI=1S/C14H14ClNO2/c15-12-6-7-13(16-8-3-5-14(16)18)11(10-12)4-1-2-9-17/h6-7,10,17H,2-3,5,8-9H2. The third-order valence-corrected chi connectivity index (χ3v) is 3.02. The van der Waals surface area contributed by atoms with Crippen molar-refractivity contribution in [2.24, 2.45) is 0 Å². The average Bonchev–Trinajstić information content (AvgIpc) is 2.76. The van der Waals surface area contributed by atoms with Gasteiger partial charge in [0.05, 0.1) is 12.3 Å². The summed E-state index contributed by atoms with van der Waals surface area (Å²) in [6, 6.07) is 5.35. The van der Waals surface area contributed by atoms with Gasteiger partial charge in [0.1, 0.15) is 0 Å². The van der Waals surface area contributed by atoms with Crippen LogP contribution in [0.1, 0.15) is 24.8 Å². The molecular weight excluding hydrogens is 250 g/mol. The van der Waals surface area contributed by atoms with E-state index in [1.54, 1.807) is 17.0 Å². The first-order chi connectivity index (χ1) is 8.72. The van der Waals surface area contributed by atoms with Gasteiger partial charge in [0.25, 0.3) is 0 Å². The molecular formula is C14H14ClNO2. The molecule has 1 N–H and O–H groups in total. The van der Waals surface area contributed by atoms with Crippen molar-refractivity contribution >= 4 is 23.2 Å². The van der Waals surface area contributed by atoms with E-state index in [4.69, 9.17) is 16.7 Å². The first-order valence-corrected chi connectivity index (χ1v) is 6.30. The zero-order valence-corrected chi connectivity index (χ0v) is 10.7. The second kappa shape index (κ2) is 5.90. The fourth-order valence-electron chi connectivity index (χ4n) is 1.96. The molecule has 1 aromatic rings. The Morgan fingerprint density at radius 1 is 1.44 bits per heavy atom. The molecule has 0 atom stereocenters. The Balaban J connectivity index is 2.35. The van der Waals surface area contributed by atoms with Crippen molar-refractivity contribution in [3.05, 3.63) is 28.8 Å². The Labute approximate surface area is 111 Å². The van der Waals surface area contributed by atoms with Crippen LogP contribution in [0, 0.1) is 11.8 Å². The first-order valence-electron chi connectivity index (χ1n) is 5.92. The van der Waals surface area contributed by atoms with E-state index < -0.39 is 0 Å². The lowest BCUT2D eigenvalue weighted by atomic mass is 10.1. The van der Waals surface area contributed by atoms with E-state index in [0.717, 1.165) is 24.2 Å². The lowest BCUT2D eigenvalue weighted by Crippen LogP contribution is -2.24. The highest BCUT2D eigenvalue weighted by atomic mass is 35.5. The molecule has 1 amide bonds. The number of nitrogens with zero attached hydrogens (tertiary/aromatic N) is 1. The summed E-state index contributed by atoms with van der Waals surface area (Å²) >= 11 is 5.95. The van der Waals surface area contributed by atoms with Crippen LogP contribution >= 0.6 is 11.6 Å². The summed E-state index contributed by atoms with van der Waals surface area (Å²) in [5.74, 6) is 5.95. The van der Waals surface area contributed by atoms with Crippen molar-refractivity contribution in [3.8, 4) is 11.8 Å². The van der Waals surface area contributed by atoms with Crippen LogP contribution in [-0.2, 0) is 4.79 Å². The topological polar surface area (TPSA) is 40.5 Å². The van der Waals surface area contributed by atoms with Gasteiger partial charge in [-0.05, 0) is 24.6 Å². The Bertz CT molecular complexity index is 516. The highest BCUT2D eigenvalue weighted by Gasteiger charge is 2.23. The molecule has 1 fully saturated rings. The van der Waals surface area contributed by atoms with E-state index in [2.05, 4.69) is 11.8 Å². The second-order valence-corrected chi connectivity index (χ2v) is 4.52. The van der Waals surface area contributed by atoms with Crippen molar-refractivity contribution in [2.75, 3.05) is 18.1 Å². The molecule has 1 aliphatic heterocycles. The summed E-state index contributed by atoms with van der Waals surface area (Å²) in [4.78, 5) is 13.5. The molecule has 18 heavy (non-hydrogen) atoms. The monoisotopic (exact) mass is 263 g/mol. The van der Waals surface area contributed by atoms with Crippen LogP contribution in [0.15, 0.2) is 18.2 Å². The Kier molecular flexibility index (Phi) is 4.24. The number of benzene rings is 1. The van der Waals surface area contributed by atoms with Gasteiger partial charge in [-0.3, -0.25) is 4.79 Å². The summed E-state index contributed by atoms with van der Waals surface area (Å²) in [5.41, 5.74) is 1.55. The Morgan fingerprint density at radius 2 is 2.28 bits per heavy atom. The molecule has 3 nitrogen and oxygen atoms in total. The predicted molar refractivity (Wildman–Crippen MR) is 71.6 cm³/mol. The van der Waals surface area contributed by atoms with Crippen LogP contribution in [0.4, 0.5) is 5.69 Å². The second-order valence-electron chi connectivity index (χ2n) is 4.09. The van der Waals surface area contributed by atoms with E-state index in [-0.39, 0.29) is 12.5 Å². The van der Waals surface area contributed by atoms with Gasteiger partial charge in [-0.2, -0.15) is 0 Å². The fourth-order valence-corrected chi connectivity index (χ4v) is 2.13. The average molecular weight is 264 g/mol. The van der Waals surface area contributed by atoms with Gasteiger partial charge in [-0.15, -0.1) is 0 Å². The number of hydrogen-bond donors (Lipinski definition) is 1. The zero-order valence-electron chi connectivity index (χ0n) is 9.95. The van der Waals surface area contributed by atoms with E-state index in [1.807, 2.05) is 6.07 Å². The summed E-state index contributed by atoms with van der Waals surface area (Å²) in [6.07, 6.45) is 1.89. The molecule has 1 aliphatic rings. The summed E-state index contributed by atoms with van der Waals surface area (Å²) < 4.78 is 0. The molecule has 1 heterocycles. The maximum Gasteiger partial charge on any atom is 0.227 e. The van der Waals surface area contributed by atoms with E-state index >= 15 is 0 Å². The molecule has 0 aromatic heterocycles. The van der Waals surface area contributed by atoms with Gasteiger partial charge in [0.2, 0.25) is 5.91 Å². The molecule has 2 rings (SSSR count). The van der Waals surface area contributed by atoms with Crippen LogP contribution in [0.5, 0.6) is 0 Å². The number of amides is 1. The van der Waals surface area contributed by atoms with E-state index in [0.29, 0.717) is 17.9 Å². The van der Waals surface area contributed by atoms with Crippen LogP contribution in [-0.4, -0.2) is 24.2 Å². The van der Waals surface area contributed by atoms with Gasteiger partial charge in [-0.1, -0.05) is 23.4 Å². The minimum Gasteiger partial charge on any atom is -0.395 e. The van der Waals surface area contributed by atoms with Crippen molar-refractivity contribution in [1.29, 1.82) is 0 Å². The molecule has 0 unspecified atom stereocenters. The summed E-state index contributed by atoms with van der Waals surface area (Å²) in [5, 5.41) is 9.32. The number of hydrogen-bond acceptors (Lipinski definition) is 2. The van der Waals surface area contributed by atoms with Gasteiger partial charge in [0.15, 0.2) is 0 Å². The summed E-state index contributed by atoms with van der Waals surface area (Å²) in [7, 11) is 0. The van der Waals surface area contributed by atoms with Crippen molar-refractivity contribution in [2.45, 2.75) is 19.3 Å². The molecule has 4 heteroatoms. The lowest BCUT2D eigenvalue weighted by molar-refractivity contribution is -0.117. The zero-order chi connectivity index (χ0) is 13.0. The largest absolute Gasteiger partial charge is 0.395 e.